The van der Waals surface area contributed by atoms with Gasteiger partial charge in [-0.15, -0.1) is 0 Å². The first kappa shape index (κ1) is 18.5. The minimum absolute atomic E-state index is 0.0547. The molecule has 0 fully saturated rings. The van der Waals surface area contributed by atoms with Gasteiger partial charge in [0.05, 0.1) is 0 Å². The highest BCUT2D eigenvalue weighted by Gasteiger charge is 2.17. The van der Waals surface area contributed by atoms with E-state index in [0.29, 0.717) is 11.3 Å². The molecule has 0 spiro atoms. The monoisotopic (exact) mass is 320 g/mol. The Morgan fingerprint density at radius 2 is 1.83 bits per heavy atom. The second kappa shape index (κ2) is 8.77. The van der Waals surface area contributed by atoms with Crippen molar-refractivity contribution in [1.29, 1.82) is 0 Å². The largest absolute Gasteiger partial charge is 0.355 e. The number of anilines is 1. The Morgan fingerprint density at radius 3 is 2.43 bits per heavy atom. The van der Waals surface area contributed by atoms with Gasteiger partial charge in [0, 0.05) is 24.3 Å². The molecule has 0 aliphatic rings. The lowest BCUT2D eigenvalue weighted by Crippen LogP contribution is -2.48. The smallest absolute Gasteiger partial charge is 0.319 e. The van der Waals surface area contributed by atoms with Crippen molar-refractivity contribution >= 4 is 23.5 Å². The van der Waals surface area contributed by atoms with Crippen LogP contribution in [0, 0.1) is 0 Å². The number of hydrogen-bond donors (Lipinski definition) is 4. The van der Waals surface area contributed by atoms with Crippen molar-refractivity contribution in [2.24, 2.45) is 0 Å². The first-order chi connectivity index (χ1) is 10.9. The molecule has 7 nitrogen and oxygen atoms in total. The van der Waals surface area contributed by atoms with Crippen molar-refractivity contribution in [2.75, 3.05) is 12.4 Å². The first-order valence-electron chi connectivity index (χ1n) is 7.57. The summed E-state index contributed by atoms with van der Waals surface area (Å²) in [6.45, 7) is 5.47. The molecule has 4 N–H and O–H groups in total. The summed E-state index contributed by atoms with van der Waals surface area (Å²) in [5.74, 6) is -0.482. The van der Waals surface area contributed by atoms with Gasteiger partial charge in [-0.05, 0) is 38.5 Å². The maximum atomic E-state index is 11.9. The van der Waals surface area contributed by atoms with Gasteiger partial charge >= 0.3 is 6.03 Å². The van der Waals surface area contributed by atoms with E-state index < -0.39 is 12.1 Å². The van der Waals surface area contributed by atoms with Crippen molar-refractivity contribution in [3.8, 4) is 0 Å². The molecule has 1 aromatic carbocycles. The zero-order chi connectivity index (χ0) is 17.4. The summed E-state index contributed by atoms with van der Waals surface area (Å²) in [6.07, 6.45) is 0.816. The molecular formula is C16H24N4O3. The molecule has 0 radical (unpaired) electrons. The summed E-state index contributed by atoms with van der Waals surface area (Å²) < 4.78 is 0. The molecule has 1 aromatic rings. The molecule has 0 saturated carbocycles. The van der Waals surface area contributed by atoms with E-state index in [1.54, 1.807) is 31.2 Å². The maximum absolute atomic E-state index is 11.9. The molecule has 2 atom stereocenters. The quantitative estimate of drug-likeness (QED) is 0.638. The van der Waals surface area contributed by atoms with Crippen LogP contribution in [0.15, 0.2) is 24.3 Å². The zero-order valence-electron chi connectivity index (χ0n) is 13.9. The predicted molar refractivity (Wildman–Crippen MR) is 89.3 cm³/mol. The van der Waals surface area contributed by atoms with Crippen molar-refractivity contribution < 1.29 is 14.4 Å². The Morgan fingerprint density at radius 1 is 1.13 bits per heavy atom. The van der Waals surface area contributed by atoms with Crippen molar-refractivity contribution in [1.82, 2.24) is 16.0 Å². The summed E-state index contributed by atoms with van der Waals surface area (Å²) in [5.41, 5.74) is 0.908. The minimum atomic E-state index is -0.661. The van der Waals surface area contributed by atoms with E-state index in [1.807, 2.05) is 13.8 Å². The SMILES string of the molecule is CC[C@H](C)NC(=O)[C@@H](C)NC(=O)Nc1cccc(C(=O)NC)c1. The summed E-state index contributed by atoms with van der Waals surface area (Å²) in [7, 11) is 1.53. The molecule has 0 aliphatic heterocycles. The van der Waals surface area contributed by atoms with Crippen LogP contribution in [0.2, 0.25) is 0 Å². The fourth-order valence-corrected chi connectivity index (χ4v) is 1.78. The van der Waals surface area contributed by atoms with Gasteiger partial charge in [-0.3, -0.25) is 9.59 Å². The van der Waals surface area contributed by atoms with E-state index in [0.717, 1.165) is 6.42 Å². The fourth-order valence-electron chi connectivity index (χ4n) is 1.78. The zero-order valence-corrected chi connectivity index (χ0v) is 13.9. The molecule has 0 aliphatic carbocycles. The van der Waals surface area contributed by atoms with E-state index in [4.69, 9.17) is 0 Å². The summed E-state index contributed by atoms with van der Waals surface area (Å²) >= 11 is 0. The predicted octanol–water partition coefficient (Wildman–Crippen LogP) is 1.47. The second-order valence-corrected chi connectivity index (χ2v) is 5.30. The van der Waals surface area contributed by atoms with Gasteiger partial charge in [-0.2, -0.15) is 0 Å². The number of nitrogens with one attached hydrogen (secondary N) is 4. The topological polar surface area (TPSA) is 99.3 Å². The molecule has 126 valence electrons. The Kier molecular flexibility index (Phi) is 7.05. The summed E-state index contributed by atoms with van der Waals surface area (Å²) in [5, 5.41) is 10.5. The number of carbonyl (C=O) groups excluding carboxylic acids is 3. The van der Waals surface area contributed by atoms with Crippen molar-refractivity contribution in [3.63, 3.8) is 0 Å². The van der Waals surface area contributed by atoms with Gasteiger partial charge < -0.3 is 21.3 Å². The van der Waals surface area contributed by atoms with Crippen LogP contribution in [-0.2, 0) is 4.79 Å². The van der Waals surface area contributed by atoms with Crippen LogP contribution in [0.25, 0.3) is 0 Å². The first-order valence-corrected chi connectivity index (χ1v) is 7.57. The number of hydrogen-bond acceptors (Lipinski definition) is 3. The number of amides is 4. The van der Waals surface area contributed by atoms with Crippen molar-refractivity contribution in [3.05, 3.63) is 29.8 Å². The third kappa shape index (κ3) is 5.98. The molecule has 23 heavy (non-hydrogen) atoms. The highest BCUT2D eigenvalue weighted by molar-refractivity contribution is 5.97. The Labute approximate surface area is 136 Å². The summed E-state index contributed by atoms with van der Waals surface area (Å²) in [6, 6.07) is 5.41. The van der Waals surface area contributed by atoms with Gasteiger partial charge in [0.25, 0.3) is 5.91 Å². The molecular weight excluding hydrogens is 296 g/mol. The van der Waals surface area contributed by atoms with E-state index in [9.17, 15) is 14.4 Å². The van der Waals surface area contributed by atoms with Gasteiger partial charge in [0.15, 0.2) is 0 Å². The standard InChI is InChI=1S/C16H24N4O3/c1-5-10(2)18-14(21)11(3)19-16(23)20-13-8-6-7-12(9-13)15(22)17-4/h6-11H,5H2,1-4H3,(H,17,22)(H,18,21)(H2,19,20,23)/t10-,11+/m0/s1. The van der Waals surface area contributed by atoms with Crippen LogP contribution in [0.1, 0.15) is 37.6 Å². The Hall–Kier alpha value is -2.57. The lowest BCUT2D eigenvalue weighted by molar-refractivity contribution is -0.123. The van der Waals surface area contributed by atoms with Crippen LogP contribution in [-0.4, -0.2) is 37.0 Å². The van der Waals surface area contributed by atoms with E-state index in [2.05, 4.69) is 21.3 Å². The molecule has 0 unspecified atom stereocenters. The lowest BCUT2D eigenvalue weighted by Gasteiger charge is -2.17. The number of carbonyl (C=O) groups is 3. The Balaban J connectivity index is 2.59. The molecule has 0 aromatic heterocycles. The van der Waals surface area contributed by atoms with Crippen LogP contribution in [0.5, 0.6) is 0 Å². The lowest BCUT2D eigenvalue weighted by atomic mass is 10.2. The van der Waals surface area contributed by atoms with Crippen LogP contribution in [0.3, 0.4) is 0 Å². The third-order valence-corrected chi connectivity index (χ3v) is 3.35. The maximum Gasteiger partial charge on any atom is 0.319 e. The third-order valence-electron chi connectivity index (χ3n) is 3.35. The molecule has 7 heteroatoms. The van der Waals surface area contributed by atoms with Gasteiger partial charge in [-0.1, -0.05) is 13.0 Å². The average Bonchev–Trinajstić information content (AvgIpc) is 2.53. The average molecular weight is 320 g/mol. The normalized spacial score (nSPS) is 12.7. The van der Waals surface area contributed by atoms with Crippen molar-refractivity contribution in [2.45, 2.75) is 39.3 Å². The highest BCUT2D eigenvalue weighted by atomic mass is 16.2. The van der Waals surface area contributed by atoms with Crippen LogP contribution < -0.4 is 21.3 Å². The molecule has 0 bridgehead atoms. The number of rotatable bonds is 6. The van der Waals surface area contributed by atoms with Gasteiger partial charge in [0.1, 0.15) is 6.04 Å². The molecule has 0 heterocycles. The van der Waals surface area contributed by atoms with E-state index in [-0.39, 0.29) is 17.9 Å². The number of benzene rings is 1. The molecule has 4 amide bonds. The van der Waals surface area contributed by atoms with Gasteiger partial charge in [0.2, 0.25) is 5.91 Å². The molecule has 1 rings (SSSR count). The van der Waals surface area contributed by atoms with E-state index >= 15 is 0 Å². The number of urea groups is 1. The molecule has 0 saturated heterocycles. The van der Waals surface area contributed by atoms with Gasteiger partial charge in [-0.25, -0.2) is 4.79 Å². The van der Waals surface area contributed by atoms with Crippen LogP contribution in [0.4, 0.5) is 10.5 Å². The van der Waals surface area contributed by atoms with Crippen LogP contribution >= 0.6 is 0 Å². The highest BCUT2D eigenvalue weighted by Crippen LogP contribution is 2.10. The fraction of sp³-hybridized carbons (Fsp3) is 0.438. The summed E-state index contributed by atoms with van der Waals surface area (Å²) in [4.78, 5) is 35.4. The van der Waals surface area contributed by atoms with E-state index in [1.165, 1.54) is 7.05 Å². The Bertz CT molecular complexity index is 574. The second-order valence-electron chi connectivity index (χ2n) is 5.30. The minimum Gasteiger partial charge on any atom is -0.355 e.